The molecule has 1 saturated heterocycles. The Morgan fingerprint density at radius 3 is 2.94 bits per heavy atom. The highest BCUT2D eigenvalue weighted by Gasteiger charge is 2.25. The van der Waals surface area contributed by atoms with E-state index in [1.807, 2.05) is 6.92 Å². The Morgan fingerprint density at radius 1 is 1.38 bits per heavy atom. The Labute approximate surface area is 100 Å². The van der Waals surface area contributed by atoms with Gasteiger partial charge in [-0.3, -0.25) is 0 Å². The van der Waals surface area contributed by atoms with Gasteiger partial charge in [-0.15, -0.1) is 0 Å². The molecule has 1 atom stereocenters. The summed E-state index contributed by atoms with van der Waals surface area (Å²) in [6.07, 6.45) is 4.03. The number of hydrogen-bond acceptors (Lipinski definition) is 4. The van der Waals surface area contributed by atoms with E-state index in [-0.39, 0.29) is 0 Å². The monoisotopic (exact) mass is 241 g/mol. The van der Waals surface area contributed by atoms with E-state index in [4.69, 9.17) is 11.6 Å². The number of hydrogen-bond donors (Lipinski definition) is 1. The highest BCUT2D eigenvalue weighted by molar-refractivity contribution is 6.29. The standard InChI is InChI=1S/C11H16ClN3O/c1-11(16)3-2-5-15(6-4-11)10-7-9(12)13-8-14-10/h7-8,16H,2-6H2,1H3. The molecule has 0 bridgehead atoms. The minimum atomic E-state index is -0.550. The van der Waals surface area contributed by atoms with Crippen LogP contribution < -0.4 is 4.90 Å². The zero-order chi connectivity index (χ0) is 11.6. The molecule has 2 heterocycles. The second kappa shape index (κ2) is 4.55. The molecule has 1 aromatic rings. The van der Waals surface area contributed by atoms with E-state index in [1.54, 1.807) is 6.07 Å². The lowest BCUT2D eigenvalue weighted by atomic mass is 9.98. The summed E-state index contributed by atoms with van der Waals surface area (Å²) in [4.78, 5) is 10.2. The fourth-order valence-corrected chi connectivity index (χ4v) is 2.13. The number of rotatable bonds is 1. The maximum absolute atomic E-state index is 9.99. The maximum Gasteiger partial charge on any atom is 0.134 e. The van der Waals surface area contributed by atoms with Crippen molar-refractivity contribution < 1.29 is 5.11 Å². The van der Waals surface area contributed by atoms with E-state index in [0.29, 0.717) is 5.15 Å². The molecule has 0 aliphatic carbocycles. The molecule has 1 aromatic heterocycles. The Hall–Kier alpha value is -0.870. The molecule has 16 heavy (non-hydrogen) atoms. The van der Waals surface area contributed by atoms with Crippen LogP contribution >= 0.6 is 11.6 Å². The van der Waals surface area contributed by atoms with Gasteiger partial charge in [0.15, 0.2) is 0 Å². The van der Waals surface area contributed by atoms with E-state index in [1.165, 1.54) is 6.33 Å². The van der Waals surface area contributed by atoms with Gasteiger partial charge in [0.05, 0.1) is 5.60 Å². The lowest BCUT2D eigenvalue weighted by Gasteiger charge is -2.23. The van der Waals surface area contributed by atoms with Crippen molar-refractivity contribution in [3.8, 4) is 0 Å². The van der Waals surface area contributed by atoms with Crippen molar-refractivity contribution in [1.82, 2.24) is 9.97 Å². The van der Waals surface area contributed by atoms with Crippen LogP contribution in [0.25, 0.3) is 0 Å². The summed E-state index contributed by atoms with van der Waals surface area (Å²) in [6.45, 7) is 3.60. The molecule has 1 N–H and O–H groups in total. The number of halogens is 1. The molecular formula is C11H16ClN3O. The Bertz CT molecular complexity index is 370. The normalized spacial score (nSPS) is 26.6. The summed E-state index contributed by atoms with van der Waals surface area (Å²) in [6, 6.07) is 1.77. The molecule has 0 saturated carbocycles. The van der Waals surface area contributed by atoms with Crippen LogP contribution in [0.5, 0.6) is 0 Å². The lowest BCUT2D eigenvalue weighted by Crippen LogP contribution is -2.28. The van der Waals surface area contributed by atoms with Crippen LogP contribution in [0.1, 0.15) is 26.2 Å². The lowest BCUT2D eigenvalue weighted by molar-refractivity contribution is 0.0481. The fraction of sp³-hybridized carbons (Fsp3) is 0.636. The zero-order valence-corrected chi connectivity index (χ0v) is 10.1. The summed E-state index contributed by atoms with van der Waals surface area (Å²) < 4.78 is 0. The predicted octanol–water partition coefficient (Wildman–Crippen LogP) is 1.87. The Morgan fingerprint density at radius 2 is 2.19 bits per heavy atom. The van der Waals surface area contributed by atoms with Gasteiger partial charge < -0.3 is 10.0 Å². The van der Waals surface area contributed by atoms with Crippen LogP contribution in [0, 0.1) is 0 Å². The number of anilines is 1. The first-order valence-electron chi connectivity index (χ1n) is 5.52. The molecule has 4 nitrogen and oxygen atoms in total. The van der Waals surface area contributed by atoms with E-state index in [2.05, 4.69) is 14.9 Å². The third-order valence-electron chi connectivity index (χ3n) is 3.01. The minimum absolute atomic E-state index is 0.459. The molecule has 1 fully saturated rings. The smallest absolute Gasteiger partial charge is 0.134 e. The van der Waals surface area contributed by atoms with Crippen LogP contribution in [0.3, 0.4) is 0 Å². The first-order valence-corrected chi connectivity index (χ1v) is 5.89. The van der Waals surface area contributed by atoms with Crippen molar-refractivity contribution in [3.05, 3.63) is 17.5 Å². The van der Waals surface area contributed by atoms with Gasteiger partial charge >= 0.3 is 0 Å². The summed E-state index contributed by atoms with van der Waals surface area (Å²) >= 11 is 5.83. The number of nitrogens with zero attached hydrogens (tertiary/aromatic N) is 3. The molecule has 2 rings (SSSR count). The SMILES string of the molecule is CC1(O)CCCN(c2cc(Cl)ncn2)CC1. The third-order valence-corrected chi connectivity index (χ3v) is 3.21. The van der Waals surface area contributed by atoms with Gasteiger partial charge in [-0.25, -0.2) is 9.97 Å². The van der Waals surface area contributed by atoms with Gasteiger partial charge in [-0.05, 0) is 26.2 Å². The van der Waals surface area contributed by atoms with Gasteiger partial charge in [0.2, 0.25) is 0 Å². The van der Waals surface area contributed by atoms with Gasteiger partial charge in [-0.2, -0.15) is 0 Å². The Balaban J connectivity index is 2.11. The molecule has 0 amide bonds. The van der Waals surface area contributed by atoms with Gasteiger partial charge in [0.1, 0.15) is 17.3 Å². The molecule has 88 valence electrons. The zero-order valence-electron chi connectivity index (χ0n) is 9.36. The van der Waals surface area contributed by atoms with Gasteiger partial charge in [-0.1, -0.05) is 11.6 Å². The van der Waals surface area contributed by atoms with Crippen LogP contribution in [0.2, 0.25) is 5.15 Å². The van der Waals surface area contributed by atoms with Gasteiger partial charge in [0.25, 0.3) is 0 Å². The molecule has 5 heteroatoms. The van der Waals surface area contributed by atoms with Crippen LogP contribution in [0.4, 0.5) is 5.82 Å². The van der Waals surface area contributed by atoms with Crippen molar-refractivity contribution in [2.24, 2.45) is 0 Å². The molecule has 1 aliphatic heterocycles. The van der Waals surface area contributed by atoms with Crippen LogP contribution in [0.15, 0.2) is 12.4 Å². The van der Waals surface area contributed by atoms with Crippen molar-refractivity contribution in [2.45, 2.75) is 31.8 Å². The Kier molecular flexibility index (Phi) is 3.30. The molecule has 0 spiro atoms. The highest BCUT2D eigenvalue weighted by Crippen LogP contribution is 2.24. The predicted molar refractivity (Wildman–Crippen MR) is 63.7 cm³/mol. The quantitative estimate of drug-likeness (QED) is 0.763. The van der Waals surface area contributed by atoms with Crippen LogP contribution in [-0.4, -0.2) is 33.8 Å². The molecule has 0 radical (unpaired) electrons. The first-order chi connectivity index (χ1) is 7.57. The fourth-order valence-electron chi connectivity index (χ4n) is 1.99. The van der Waals surface area contributed by atoms with E-state index < -0.39 is 5.60 Å². The first kappa shape index (κ1) is 11.6. The van der Waals surface area contributed by atoms with Crippen molar-refractivity contribution >= 4 is 17.4 Å². The second-order valence-electron chi connectivity index (χ2n) is 4.54. The molecule has 1 unspecified atom stereocenters. The number of aliphatic hydroxyl groups is 1. The second-order valence-corrected chi connectivity index (χ2v) is 4.92. The van der Waals surface area contributed by atoms with E-state index in [0.717, 1.165) is 38.2 Å². The largest absolute Gasteiger partial charge is 0.390 e. The average Bonchev–Trinajstić information content (AvgIpc) is 2.39. The molecule has 0 aromatic carbocycles. The molecular weight excluding hydrogens is 226 g/mol. The third kappa shape index (κ3) is 2.83. The average molecular weight is 242 g/mol. The highest BCUT2D eigenvalue weighted by atomic mass is 35.5. The van der Waals surface area contributed by atoms with Crippen molar-refractivity contribution in [3.63, 3.8) is 0 Å². The van der Waals surface area contributed by atoms with Gasteiger partial charge in [0, 0.05) is 19.2 Å². The van der Waals surface area contributed by atoms with Crippen molar-refractivity contribution in [1.29, 1.82) is 0 Å². The summed E-state index contributed by atoms with van der Waals surface area (Å²) in [5.74, 6) is 0.845. The maximum atomic E-state index is 9.99. The van der Waals surface area contributed by atoms with E-state index in [9.17, 15) is 5.11 Å². The summed E-state index contributed by atoms with van der Waals surface area (Å²) in [5, 5.41) is 10.4. The topological polar surface area (TPSA) is 49.2 Å². The van der Waals surface area contributed by atoms with Crippen LogP contribution in [-0.2, 0) is 0 Å². The summed E-state index contributed by atoms with van der Waals surface area (Å²) in [7, 11) is 0. The summed E-state index contributed by atoms with van der Waals surface area (Å²) in [5.41, 5.74) is -0.550. The van der Waals surface area contributed by atoms with E-state index >= 15 is 0 Å². The minimum Gasteiger partial charge on any atom is -0.390 e. The molecule has 1 aliphatic rings. The van der Waals surface area contributed by atoms with Crippen molar-refractivity contribution in [2.75, 3.05) is 18.0 Å². The number of aromatic nitrogens is 2.